The van der Waals surface area contributed by atoms with E-state index < -0.39 is 14.1 Å². The molecule has 224 valence electrons. The van der Waals surface area contributed by atoms with Crippen LogP contribution >= 0.6 is 0 Å². The molecule has 39 heavy (non-hydrogen) atoms. The third kappa shape index (κ3) is 4.77. The lowest BCUT2D eigenvalue weighted by Crippen LogP contribution is -2.53. The fraction of sp³-hybridized carbons (Fsp3) is 0.941. The van der Waals surface area contributed by atoms with Crippen LogP contribution in [-0.2, 0) is 13.9 Å². The van der Waals surface area contributed by atoms with Gasteiger partial charge in [0.15, 0.2) is 14.1 Å². The summed E-state index contributed by atoms with van der Waals surface area (Å²) in [6, 6.07) is 0. The summed E-state index contributed by atoms with van der Waals surface area (Å²) in [5, 5.41) is 9.87. The zero-order valence-corrected chi connectivity index (χ0v) is 27.9. The van der Waals surface area contributed by atoms with Gasteiger partial charge in [0.2, 0.25) is 0 Å². The van der Waals surface area contributed by atoms with Gasteiger partial charge in [-0.3, -0.25) is 0 Å². The van der Waals surface area contributed by atoms with Crippen molar-refractivity contribution >= 4 is 8.32 Å². The molecule has 0 aromatic rings. The topological polar surface area (TPSA) is 47.9 Å². The van der Waals surface area contributed by atoms with Crippen molar-refractivity contribution in [2.45, 2.75) is 142 Å². The number of allylic oxidation sites excluding steroid dienone is 1. The molecule has 5 heteroatoms. The van der Waals surface area contributed by atoms with E-state index in [0.29, 0.717) is 40.8 Å². The molecule has 0 aromatic heterocycles. The van der Waals surface area contributed by atoms with Crippen molar-refractivity contribution in [3.05, 3.63) is 11.6 Å². The second-order valence-electron chi connectivity index (χ2n) is 16.6. The molecule has 0 radical (unpaired) electrons. The molecule has 5 rings (SSSR count). The number of aliphatic hydroxyl groups is 1. The number of rotatable bonds is 7. The minimum absolute atomic E-state index is 0.237. The molecule has 4 fully saturated rings. The predicted molar refractivity (Wildman–Crippen MR) is 162 cm³/mol. The lowest BCUT2D eigenvalue weighted by molar-refractivity contribution is -0.238. The molecule has 5 aliphatic rings. The molecular formula is C34H60O4Si. The molecule has 1 N–H and O–H groups in total. The maximum atomic E-state index is 9.61. The predicted octanol–water partition coefficient (Wildman–Crippen LogP) is 8.35. The number of hydrogen-bond acceptors (Lipinski definition) is 4. The monoisotopic (exact) mass is 560 g/mol. The smallest absolute Gasteiger partial charge is 0.192 e. The lowest BCUT2D eigenvalue weighted by atomic mass is 9.47. The Hall–Kier alpha value is -0.203. The van der Waals surface area contributed by atoms with E-state index in [1.807, 2.05) is 7.11 Å². The molecule has 0 amide bonds. The molecule has 0 spiro atoms. The van der Waals surface area contributed by atoms with Gasteiger partial charge in [0.1, 0.15) is 0 Å². The van der Waals surface area contributed by atoms with Crippen molar-refractivity contribution in [3.63, 3.8) is 0 Å². The van der Waals surface area contributed by atoms with E-state index in [9.17, 15) is 5.11 Å². The Morgan fingerprint density at radius 1 is 1.15 bits per heavy atom. The van der Waals surface area contributed by atoms with Gasteiger partial charge < -0.3 is 19.0 Å². The SMILES string of the molecule is COC1(CCC(C)CO)O[C@H]2C[C@H]3[C@@H]4CC=C5C[C@@H](O[Si](C)(C)C(C)(C)C)CC[C@]5(C)[C@H]4CC[C@]3(C)[C@H]2[C@@H]1C. The van der Waals surface area contributed by atoms with Crippen molar-refractivity contribution in [1.82, 2.24) is 0 Å². The molecule has 0 bridgehead atoms. The Morgan fingerprint density at radius 2 is 1.87 bits per heavy atom. The quantitative estimate of drug-likeness (QED) is 0.251. The molecule has 4 aliphatic carbocycles. The van der Waals surface area contributed by atoms with Crippen LogP contribution in [0.5, 0.6) is 0 Å². The number of aliphatic hydroxyl groups excluding tert-OH is 1. The Labute approximate surface area is 241 Å². The molecule has 1 saturated heterocycles. The van der Waals surface area contributed by atoms with Crippen LogP contribution in [0.1, 0.15) is 106 Å². The van der Waals surface area contributed by atoms with E-state index >= 15 is 0 Å². The summed E-state index contributed by atoms with van der Waals surface area (Å²) >= 11 is 0. The van der Waals surface area contributed by atoms with Crippen LogP contribution in [0.2, 0.25) is 18.1 Å². The number of ether oxygens (including phenoxy) is 2. The van der Waals surface area contributed by atoms with Crippen LogP contribution in [-0.4, -0.2) is 45.1 Å². The van der Waals surface area contributed by atoms with Gasteiger partial charge in [0, 0.05) is 32.2 Å². The first-order chi connectivity index (χ1) is 18.1. The van der Waals surface area contributed by atoms with Crippen molar-refractivity contribution < 1.29 is 19.0 Å². The van der Waals surface area contributed by atoms with E-state index in [0.717, 1.165) is 37.0 Å². The standard InChI is InChI=1S/C34H60O4Si/c1-22(21-35)13-18-34(36-8)23(2)30-29(37-34)20-28-26-12-11-24-19-25(38-39(9,10)31(3,4)5)14-16-32(24,6)27(26)15-17-33(28,30)7/h11,22-23,25-30,35H,12-21H2,1-10H3/t22?,23-,25-,26+,27-,28-,29-,30-,32-,33-,34?/m0/s1. The Bertz CT molecular complexity index is 940. The fourth-order valence-corrected chi connectivity index (χ4v) is 11.5. The highest BCUT2D eigenvalue weighted by atomic mass is 28.4. The number of hydrogen-bond donors (Lipinski definition) is 1. The number of methoxy groups -OCH3 is 1. The van der Waals surface area contributed by atoms with Gasteiger partial charge in [0.25, 0.3) is 0 Å². The van der Waals surface area contributed by atoms with Crippen molar-refractivity contribution in [3.8, 4) is 0 Å². The van der Waals surface area contributed by atoms with Crippen molar-refractivity contribution in [1.29, 1.82) is 0 Å². The first kappa shape index (κ1) is 30.3. The summed E-state index contributed by atoms with van der Waals surface area (Å²) in [6.07, 6.45) is 14.0. The van der Waals surface area contributed by atoms with Crippen LogP contribution in [0.15, 0.2) is 11.6 Å². The summed E-state index contributed by atoms with van der Waals surface area (Å²) in [5.41, 5.74) is 2.40. The van der Waals surface area contributed by atoms with Crippen molar-refractivity contribution in [2.75, 3.05) is 13.7 Å². The fourth-order valence-electron chi connectivity index (χ4n) is 10.2. The maximum absolute atomic E-state index is 9.61. The average Bonchev–Trinajstić information content (AvgIpc) is 3.32. The Kier molecular flexibility index (Phi) is 7.92. The van der Waals surface area contributed by atoms with Crippen molar-refractivity contribution in [2.24, 2.45) is 46.3 Å². The molecule has 0 aromatic carbocycles. The average molecular weight is 561 g/mol. The van der Waals surface area contributed by atoms with E-state index in [1.54, 1.807) is 5.57 Å². The molecule has 3 saturated carbocycles. The Morgan fingerprint density at radius 3 is 2.51 bits per heavy atom. The van der Waals surface area contributed by atoms with E-state index in [-0.39, 0.29) is 11.6 Å². The van der Waals surface area contributed by atoms with Gasteiger partial charge in [-0.05, 0) is 110 Å². The summed E-state index contributed by atoms with van der Waals surface area (Å²) < 4.78 is 20.1. The normalized spacial score (nSPS) is 46.6. The lowest BCUT2D eigenvalue weighted by Gasteiger charge is -2.59. The number of fused-ring (bicyclic) bond motifs is 7. The minimum Gasteiger partial charge on any atom is -0.414 e. The molecule has 1 heterocycles. The highest BCUT2D eigenvalue weighted by molar-refractivity contribution is 6.74. The van der Waals surface area contributed by atoms with Crippen LogP contribution < -0.4 is 0 Å². The second kappa shape index (κ2) is 10.2. The van der Waals surface area contributed by atoms with Gasteiger partial charge in [-0.2, -0.15) is 0 Å². The second-order valence-corrected chi connectivity index (χ2v) is 21.4. The largest absolute Gasteiger partial charge is 0.414 e. The first-order valence-electron chi connectivity index (χ1n) is 16.3. The molecule has 2 unspecified atom stereocenters. The molecule has 4 nitrogen and oxygen atoms in total. The summed E-state index contributed by atoms with van der Waals surface area (Å²) in [6.45, 7) is 21.9. The molecule has 1 aliphatic heterocycles. The van der Waals surface area contributed by atoms with E-state index in [2.05, 4.69) is 67.6 Å². The maximum Gasteiger partial charge on any atom is 0.192 e. The van der Waals surface area contributed by atoms with Gasteiger partial charge >= 0.3 is 0 Å². The van der Waals surface area contributed by atoms with Crippen LogP contribution in [0.25, 0.3) is 0 Å². The molecular weight excluding hydrogens is 500 g/mol. The van der Waals surface area contributed by atoms with E-state index in [1.165, 1.54) is 38.5 Å². The first-order valence-corrected chi connectivity index (χ1v) is 19.2. The summed E-state index contributed by atoms with van der Waals surface area (Å²) in [4.78, 5) is 0. The van der Waals surface area contributed by atoms with Crippen LogP contribution in [0, 0.1) is 46.3 Å². The highest BCUT2D eigenvalue weighted by Crippen LogP contribution is 2.70. The molecule has 11 atom stereocenters. The zero-order chi connectivity index (χ0) is 28.6. The summed E-state index contributed by atoms with van der Waals surface area (Å²) in [5.74, 6) is 3.09. The third-order valence-corrected chi connectivity index (χ3v) is 18.2. The van der Waals surface area contributed by atoms with Gasteiger partial charge in [-0.15, -0.1) is 0 Å². The Balaban J connectivity index is 1.32. The van der Waals surface area contributed by atoms with Gasteiger partial charge in [-0.1, -0.05) is 60.1 Å². The summed E-state index contributed by atoms with van der Waals surface area (Å²) in [7, 11) is 0.0959. The van der Waals surface area contributed by atoms with Crippen LogP contribution in [0.4, 0.5) is 0 Å². The minimum atomic E-state index is -1.75. The van der Waals surface area contributed by atoms with Crippen LogP contribution in [0.3, 0.4) is 0 Å². The van der Waals surface area contributed by atoms with E-state index in [4.69, 9.17) is 13.9 Å². The highest BCUT2D eigenvalue weighted by Gasteiger charge is 2.68. The van der Waals surface area contributed by atoms with Gasteiger partial charge in [0.05, 0.1) is 6.10 Å². The third-order valence-electron chi connectivity index (χ3n) is 13.6. The zero-order valence-electron chi connectivity index (χ0n) is 26.9. The van der Waals surface area contributed by atoms with Gasteiger partial charge in [-0.25, -0.2) is 0 Å².